The van der Waals surface area contributed by atoms with Crippen molar-refractivity contribution in [1.82, 2.24) is 0 Å². The molecule has 96 valence electrons. The van der Waals surface area contributed by atoms with Gasteiger partial charge in [0.05, 0.1) is 23.7 Å². The number of nitro benzene ring substituents is 1. The largest absolute Gasteiger partial charge is 0.395 e. The number of nitrogens with zero attached hydrogens (tertiary/aromatic N) is 1. The smallest absolute Gasteiger partial charge is 0.269 e. The number of hydrogen-bond donors (Lipinski definition) is 3. The third-order valence-corrected chi connectivity index (χ3v) is 2.06. The molecule has 6 nitrogen and oxygen atoms in total. The van der Waals surface area contributed by atoms with Crippen LogP contribution in [0.25, 0.3) is 0 Å². The van der Waals surface area contributed by atoms with Crippen molar-refractivity contribution in [2.24, 2.45) is 5.73 Å². The van der Waals surface area contributed by atoms with Gasteiger partial charge in [0.2, 0.25) is 0 Å². The van der Waals surface area contributed by atoms with E-state index in [1.54, 1.807) is 0 Å². The van der Waals surface area contributed by atoms with Gasteiger partial charge in [0.15, 0.2) is 0 Å². The quantitative estimate of drug-likeness (QED) is 0.538. The first-order valence-corrected chi connectivity index (χ1v) is 5.35. The summed E-state index contributed by atoms with van der Waals surface area (Å²) in [6, 6.07) is 4.61. The first kappa shape index (κ1) is 15.5. The number of nitro groups is 1. The zero-order valence-electron chi connectivity index (χ0n) is 9.91. The molecule has 0 aromatic heterocycles. The van der Waals surface area contributed by atoms with Crippen LogP contribution in [0.1, 0.15) is 25.5 Å². The number of rotatable bonds is 4. The summed E-state index contributed by atoms with van der Waals surface area (Å²) < 4.78 is 0. The van der Waals surface area contributed by atoms with E-state index in [1.165, 1.54) is 24.3 Å². The zero-order chi connectivity index (χ0) is 13.4. The summed E-state index contributed by atoms with van der Waals surface area (Å²) in [6.45, 7) is 3.65. The Bertz CT molecular complexity index is 340. The highest BCUT2D eigenvalue weighted by Gasteiger charge is 2.16. The molecule has 0 radical (unpaired) electrons. The van der Waals surface area contributed by atoms with E-state index in [1.807, 2.05) is 13.8 Å². The first-order chi connectivity index (χ1) is 8.06. The van der Waals surface area contributed by atoms with E-state index in [0.29, 0.717) is 5.56 Å². The van der Waals surface area contributed by atoms with E-state index in [2.05, 4.69) is 0 Å². The van der Waals surface area contributed by atoms with Gasteiger partial charge < -0.3 is 15.9 Å². The molecular formula is C11H18N2O4. The molecule has 0 unspecified atom stereocenters. The standard InChI is InChI=1S/C9H12N2O4.C2H6/c10-8(5-12)9(13)6-1-3-7(4-2-6)11(14)15;1-2/h1-4,8-9,12-13H,5,10H2;1-2H3/t8-,9-;/m1./s1. The van der Waals surface area contributed by atoms with Crippen molar-refractivity contribution in [2.75, 3.05) is 6.61 Å². The van der Waals surface area contributed by atoms with Crippen LogP contribution < -0.4 is 5.73 Å². The Hall–Kier alpha value is -1.50. The maximum atomic E-state index is 10.4. The minimum absolute atomic E-state index is 0.0523. The molecule has 17 heavy (non-hydrogen) atoms. The minimum Gasteiger partial charge on any atom is -0.395 e. The van der Waals surface area contributed by atoms with Crippen molar-refractivity contribution in [3.63, 3.8) is 0 Å². The third-order valence-electron chi connectivity index (χ3n) is 2.06. The molecule has 0 aliphatic rings. The van der Waals surface area contributed by atoms with Crippen LogP contribution in [0.4, 0.5) is 5.69 Å². The molecule has 0 saturated carbocycles. The van der Waals surface area contributed by atoms with Gasteiger partial charge in [0.1, 0.15) is 0 Å². The molecule has 0 fully saturated rings. The zero-order valence-corrected chi connectivity index (χ0v) is 9.91. The van der Waals surface area contributed by atoms with Gasteiger partial charge in [-0.15, -0.1) is 0 Å². The van der Waals surface area contributed by atoms with E-state index in [9.17, 15) is 15.2 Å². The molecule has 1 aromatic rings. The Morgan fingerprint density at radius 2 is 1.82 bits per heavy atom. The second kappa shape index (κ2) is 7.72. The fourth-order valence-electron chi connectivity index (χ4n) is 1.14. The lowest BCUT2D eigenvalue weighted by Crippen LogP contribution is -2.31. The Kier molecular flexibility index (Phi) is 7.04. The fourth-order valence-corrected chi connectivity index (χ4v) is 1.14. The van der Waals surface area contributed by atoms with Gasteiger partial charge in [-0.1, -0.05) is 13.8 Å². The highest BCUT2D eigenvalue weighted by atomic mass is 16.6. The Balaban J connectivity index is 0.00000121. The van der Waals surface area contributed by atoms with Gasteiger partial charge >= 0.3 is 0 Å². The molecule has 2 atom stereocenters. The molecule has 4 N–H and O–H groups in total. The third kappa shape index (κ3) is 4.48. The van der Waals surface area contributed by atoms with E-state index in [0.717, 1.165) is 0 Å². The predicted octanol–water partition coefficient (Wildman–Crippen LogP) is 0.974. The van der Waals surface area contributed by atoms with Crippen LogP contribution in [-0.4, -0.2) is 27.8 Å². The Morgan fingerprint density at radius 3 is 2.18 bits per heavy atom. The molecule has 0 spiro atoms. The van der Waals surface area contributed by atoms with Crippen molar-refractivity contribution in [3.05, 3.63) is 39.9 Å². The lowest BCUT2D eigenvalue weighted by molar-refractivity contribution is -0.384. The number of aliphatic hydroxyl groups excluding tert-OH is 2. The SMILES string of the molecule is CC.N[C@H](CO)[C@H](O)c1ccc([N+](=O)[O-])cc1. The summed E-state index contributed by atoms with van der Waals surface area (Å²) >= 11 is 0. The van der Waals surface area contributed by atoms with Crippen molar-refractivity contribution in [3.8, 4) is 0 Å². The highest BCUT2D eigenvalue weighted by molar-refractivity contribution is 5.34. The lowest BCUT2D eigenvalue weighted by atomic mass is 10.0. The van der Waals surface area contributed by atoms with E-state index in [4.69, 9.17) is 10.8 Å². The monoisotopic (exact) mass is 242 g/mol. The van der Waals surface area contributed by atoms with Gasteiger partial charge in [-0.3, -0.25) is 10.1 Å². The van der Waals surface area contributed by atoms with Crippen molar-refractivity contribution < 1.29 is 15.1 Å². The van der Waals surface area contributed by atoms with E-state index in [-0.39, 0.29) is 12.3 Å². The van der Waals surface area contributed by atoms with Crippen LogP contribution in [0.15, 0.2) is 24.3 Å². The first-order valence-electron chi connectivity index (χ1n) is 5.35. The Labute approximate surface area is 99.8 Å². The van der Waals surface area contributed by atoms with Crippen LogP contribution in [0.2, 0.25) is 0 Å². The van der Waals surface area contributed by atoms with Crippen LogP contribution in [0, 0.1) is 10.1 Å². The van der Waals surface area contributed by atoms with Crippen molar-refractivity contribution >= 4 is 5.69 Å². The second-order valence-electron chi connectivity index (χ2n) is 3.14. The average molecular weight is 242 g/mol. The summed E-state index contributed by atoms with van der Waals surface area (Å²) in [6.07, 6.45) is -1.02. The van der Waals surface area contributed by atoms with Gasteiger partial charge in [0, 0.05) is 12.1 Å². The molecule has 6 heteroatoms. The number of non-ortho nitro benzene ring substituents is 1. The molecule has 0 aliphatic heterocycles. The van der Waals surface area contributed by atoms with Crippen LogP contribution in [0.5, 0.6) is 0 Å². The van der Waals surface area contributed by atoms with E-state index < -0.39 is 17.1 Å². The second-order valence-corrected chi connectivity index (χ2v) is 3.14. The Morgan fingerprint density at radius 1 is 1.35 bits per heavy atom. The molecule has 0 aliphatic carbocycles. The van der Waals surface area contributed by atoms with Crippen LogP contribution >= 0.6 is 0 Å². The summed E-state index contributed by atoms with van der Waals surface area (Å²) in [5.41, 5.74) is 5.81. The summed E-state index contributed by atoms with van der Waals surface area (Å²) in [7, 11) is 0. The molecular weight excluding hydrogens is 224 g/mol. The number of aliphatic hydroxyl groups is 2. The summed E-state index contributed by atoms with van der Waals surface area (Å²) in [5.74, 6) is 0. The fraction of sp³-hybridized carbons (Fsp3) is 0.455. The maximum Gasteiger partial charge on any atom is 0.269 e. The van der Waals surface area contributed by atoms with Gasteiger partial charge in [-0.05, 0) is 17.7 Å². The molecule has 0 amide bonds. The summed E-state index contributed by atoms with van der Waals surface area (Å²) in [5, 5.41) is 28.6. The van der Waals surface area contributed by atoms with Crippen molar-refractivity contribution in [1.29, 1.82) is 0 Å². The molecule has 1 rings (SSSR count). The normalized spacial score (nSPS) is 13.2. The molecule has 0 saturated heterocycles. The molecule has 0 heterocycles. The van der Waals surface area contributed by atoms with Crippen molar-refractivity contribution in [2.45, 2.75) is 26.0 Å². The molecule has 1 aromatic carbocycles. The van der Waals surface area contributed by atoms with Gasteiger partial charge in [-0.2, -0.15) is 0 Å². The molecule has 0 bridgehead atoms. The lowest BCUT2D eigenvalue weighted by Gasteiger charge is -2.16. The average Bonchev–Trinajstić information content (AvgIpc) is 2.39. The minimum atomic E-state index is -1.02. The van der Waals surface area contributed by atoms with E-state index >= 15 is 0 Å². The van der Waals surface area contributed by atoms with Gasteiger partial charge in [-0.25, -0.2) is 0 Å². The summed E-state index contributed by atoms with van der Waals surface area (Å²) in [4.78, 5) is 9.82. The number of nitrogens with two attached hydrogens (primary N) is 1. The van der Waals surface area contributed by atoms with Gasteiger partial charge in [0.25, 0.3) is 5.69 Å². The predicted molar refractivity (Wildman–Crippen MR) is 64.5 cm³/mol. The topological polar surface area (TPSA) is 110 Å². The highest BCUT2D eigenvalue weighted by Crippen LogP contribution is 2.19. The number of benzene rings is 1. The number of hydrogen-bond acceptors (Lipinski definition) is 5. The van der Waals surface area contributed by atoms with Crippen LogP contribution in [0.3, 0.4) is 0 Å². The maximum absolute atomic E-state index is 10.4. The van der Waals surface area contributed by atoms with Crippen LogP contribution in [-0.2, 0) is 0 Å².